The van der Waals surface area contributed by atoms with Crippen LogP contribution in [0.5, 0.6) is 5.75 Å². The lowest BCUT2D eigenvalue weighted by atomic mass is 10.2. The van der Waals surface area contributed by atoms with E-state index in [1.54, 1.807) is 6.33 Å². The Hall–Kier alpha value is -1.88. The average molecular weight is 260 g/mol. The third-order valence-electron chi connectivity index (χ3n) is 2.93. The van der Waals surface area contributed by atoms with Crippen LogP contribution in [0, 0.1) is 6.92 Å². The highest BCUT2D eigenvalue weighted by Crippen LogP contribution is 2.11. The predicted octanol–water partition coefficient (Wildman–Crippen LogP) is 1.68. The van der Waals surface area contributed by atoms with Crippen LogP contribution in [0.15, 0.2) is 30.6 Å². The normalized spacial score (nSPS) is 12.4. The van der Waals surface area contributed by atoms with Crippen molar-refractivity contribution in [1.29, 1.82) is 0 Å². The maximum atomic E-state index is 5.72. The molecule has 1 atom stereocenters. The number of nitrogens with zero attached hydrogens (tertiary/aromatic N) is 3. The highest BCUT2D eigenvalue weighted by atomic mass is 16.5. The number of ether oxygens (including phenoxy) is 1. The van der Waals surface area contributed by atoms with Gasteiger partial charge in [-0.05, 0) is 26.0 Å². The molecule has 1 aromatic carbocycles. The summed E-state index contributed by atoms with van der Waals surface area (Å²) in [5.74, 6) is 1.82. The number of aryl methyl sites for hydroxylation is 2. The first kappa shape index (κ1) is 13.5. The van der Waals surface area contributed by atoms with E-state index in [1.807, 2.05) is 35.9 Å². The molecule has 1 unspecified atom stereocenters. The first-order valence-corrected chi connectivity index (χ1v) is 6.41. The van der Waals surface area contributed by atoms with Crippen molar-refractivity contribution in [3.05, 3.63) is 42.0 Å². The second-order valence-electron chi connectivity index (χ2n) is 4.76. The molecule has 5 heteroatoms. The van der Waals surface area contributed by atoms with Crippen LogP contribution in [0.25, 0.3) is 0 Å². The molecule has 0 amide bonds. The largest absolute Gasteiger partial charge is 0.492 e. The SMILES string of the molecule is Cc1ccc(OCC(C)NCc2nncn2C)cc1. The average Bonchev–Trinajstić information content (AvgIpc) is 2.81. The van der Waals surface area contributed by atoms with Crippen LogP contribution in [-0.4, -0.2) is 27.4 Å². The summed E-state index contributed by atoms with van der Waals surface area (Å²) in [6, 6.07) is 8.33. The summed E-state index contributed by atoms with van der Waals surface area (Å²) < 4.78 is 7.62. The Morgan fingerprint density at radius 1 is 1.32 bits per heavy atom. The first-order valence-electron chi connectivity index (χ1n) is 6.41. The summed E-state index contributed by atoms with van der Waals surface area (Å²) in [4.78, 5) is 0. The molecule has 1 aromatic heterocycles. The van der Waals surface area contributed by atoms with E-state index in [0.717, 1.165) is 11.6 Å². The van der Waals surface area contributed by atoms with Crippen LogP contribution >= 0.6 is 0 Å². The van der Waals surface area contributed by atoms with Crippen molar-refractivity contribution in [1.82, 2.24) is 20.1 Å². The molecule has 2 aromatic rings. The van der Waals surface area contributed by atoms with Gasteiger partial charge in [-0.25, -0.2) is 0 Å². The fraction of sp³-hybridized carbons (Fsp3) is 0.429. The summed E-state index contributed by atoms with van der Waals surface area (Å²) >= 11 is 0. The molecule has 2 rings (SSSR count). The van der Waals surface area contributed by atoms with Crippen molar-refractivity contribution in [3.8, 4) is 5.75 Å². The maximum Gasteiger partial charge on any atom is 0.146 e. The Morgan fingerprint density at radius 3 is 2.68 bits per heavy atom. The van der Waals surface area contributed by atoms with Crippen LogP contribution in [0.2, 0.25) is 0 Å². The lowest BCUT2D eigenvalue weighted by molar-refractivity contribution is 0.271. The molecule has 0 saturated carbocycles. The molecule has 0 bridgehead atoms. The minimum Gasteiger partial charge on any atom is -0.492 e. The van der Waals surface area contributed by atoms with Gasteiger partial charge in [0.05, 0.1) is 6.54 Å². The molecule has 0 aliphatic rings. The second-order valence-corrected chi connectivity index (χ2v) is 4.76. The quantitative estimate of drug-likeness (QED) is 0.858. The van der Waals surface area contributed by atoms with Crippen LogP contribution in [0.4, 0.5) is 0 Å². The van der Waals surface area contributed by atoms with E-state index in [-0.39, 0.29) is 6.04 Å². The van der Waals surface area contributed by atoms with Gasteiger partial charge in [-0.3, -0.25) is 0 Å². The number of aromatic nitrogens is 3. The lowest BCUT2D eigenvalue weighted by Gasteiger charge is -2.14. The Balaban J connectivity index is 1.74. The molecule has 0 radical (unpaired) electrons. The fourth-order valence-corrected chi connectivity index (χ4v) is 1.65. The molecule has 1 heterocycles. The van der Waals surface area contributed by atoms with E-state index in [9.17, 15) is 0 Å². The molecule has 102 valence electrons. The maximum absolute atomic E-state index is 5.72. The third-order valence-corrected chi connectivity index (χ3v) is 2.93. The van der Waals surface area contributed by atoms with Gasteiger partial charge in [0.2, 0.25) is 0 Å². The van der Waals surface area contributed by atoms with Crippen molar-refractivity contribution in [2.24, 2.45) is 7.05 Å². The van der Waals surface area contributed by atoms with Gasteiger partial charge >= 0.3 is 0 Å². The molecule has 0 spiro atoms. The molecule has 1 N–H and O–H groups in total. The molecule has 19 heavy (non-hydrogen) atoms. The molecular formula is C14H20N4O. The van der Waals surface area contributed by atoms with E-state index in [0.29, 0.717) is 13.2 Å². The van der Waals surface area contributed by atoms with Gasteiger partial charge in [0.1, 0.15) is 24.5 Å². The Labute approximate surface area is 113 Å². The van der Waals surface area contributed by atoms with Crippen molar-refractivity contribution < 1.29 is 4.74 Å². The minimum absolute atomic E-state index is 0.248. The van der Waals surface area contributed by atoms with Gasteiger partial charge in [0, 0.05) is 13.1 Å². The monoisotopic (exact) mass is 260 g/mol. The summed E-state index contributed by atoms with van der Waals surface area (Å²) in [5, 5.41) is 11.2. The van der Waals surface area contributed by atoms with Gasteiger partial charge in [0.15, 0.2) is 0 Å². The molecule has 0 saturated heterocycles. The molecule has 0 aliphatic carbocycles. The number of hydrogen-bond acceptors (Lipinski definition) is 4. The number of hydrogen-bond donors (Lipinski definition) is 1. The Bertz CT molecular complexity index is 506. The summed E-state index contributed by atoms with van der Waals surface area (Å²) in [6.45, 7) is 5.47. The Kier molecular flexibility index (Phi) is 4.52. The summed E-state index contributed by atoms with van der Waals surface area (Å²) in [6.07, 6.45) is 1.70. The van der Waals surface area contributed by atoms with Gasteiger partial charge < -0.3 is 14.6 Å². The van der Waals surface area contributed by atoms with E-state index >= 15 is 0 Å². The predicted molar refractivity (Wildman–Crippen MR) is 74.0 cm³/mol. The number of rotatable bonds is 6. The third kappa shape index (κ3) is 4.06. The van der Waals surface area contributed by atoms with Gasteiger partial charge in [0.25, 0.3) is 0 Å². The topological polar surface area (TPSA) is 52.0 Å². The first-order chi connectivity index (χ1) is 9.15. The minimum atomic E-state index is 0.248. The van der Waals surface area contributed by atoms with E-state index in [1.165, 1.54) is 5.56 Å². The van der Waals surface area contributed by atoms with Gasteiger partial charge in [-0.1, -0.05) is 17.7 Å². The van der Waals surface area contributed by atoms with Gasteiger partial charge in [-0.2, -0.15) is 0 Å². The lowest BCUT2D eigenvalue weighted by Crippen LogP contribution is -2.32. The molecule has 5 nitrogen and oxygen atoms in total. The molecule has 0 fully saturated rings. The van der Waals surface area contributed by atoms with Crippen LogP contribution in [-0.2, 0) is 13.6 Å². The highest BCUT2D eigenvalue weighted by Gasteiger charge is 2.05. The smallest absolute Gasteiger partial charge is 0.146 e. The van der Waals surface area contributed by atoms with Crippen LogP contribution < -0.4 is 10.1 Å². The second kappa shape index (κ2) is 6.33. The molecule has 0 aliphatic heterocycles. The highest BCUT2D eigenvalue weighted by molar-refractivity contribution is 5.26. The van der Waals surface area contributed by atoms with Crippen molar-refractivity contribution in [2.45, 2.75) is 26.4 Å². The van der Waals surface area contributed by atoms with Gasteiger partial charge in [-0.15, -0.1) is 10.2 Å². The van der Waals surface area contributed by atoms with Crippen molar-refractivity contribution >= 4 is 0 Å². The van der Waals surface area contributed by atoms with Crippen molar-refractivity contribution in [2.75, 3.05) is 6.61 Å². The van der Waals surface area contributed by atoms with Crippen LogP contribution in [0.3, 0.4) is 0 Å². The molecular weight excluding hydrogens is 240 g/mol. The van der Waals surface area contributed by atoms with E-state index in [4.69, 9.17) is 4.74 Å². The van der Waals surface area contributed by atoms with Crippen molar-refractivity contribution in [3.63, 3.8) is 0 Å². The Morgan fingerprint density at radius 2 is 2.05 bits per heavy atom. The zero-order valence-electron chi connectivity index (χ0n) is 11.6. The fourth-order valence-electron chi connectivity index (χ4n) is 1.65. The summed E-state index contributed by atoms with van der Waals surface area (Å²) in [7, 11) is 1.94. The number of benzene rings is 1. The zero-order valence-corrected chi connectivity index (χ0v) is 11.6. The standard InChI is InChI=1S/C14H20N4O/c1-11-4-6-13(7-5-11)19-9-12(2)15-8-14-17-16-10-18(14)3/h4-7,10,12,15H,8-9H2,1-3H3. The summed E-state index contributed by atoms with van der Waals surface area (Å²) in [5.41, 5.74) is 1.24. The zero-order chi connectivity index (χ0) is 13.7. The number of nitrogens with one attached hydrogen (secondary N) is 1. The van der Waals surface area contributed by atoms with E-state index in [2.05, 4.69) is 29.4 Å². The van der Waals surface area contributed by atoms with Crippen LogP contribution in [0.1, 0.15) is 18.3 Å². The van der Waals surface area contributed by atoms with E-state index < -0.39 is 0 Å².